The van der Waals surface area contributed by atoms with Crippen molar-refractivity contribution >= 4 is 11.6 Å². The van der Waals surface area contributed by atoms with Gasteiger partial charge in [-0.2, -0.15) is 0 Å². The minimum atomic E-state index is -0.542. The molecule has 1 nitrogen and oxygen atoms in total. The summed E-state index contributed by atoms with van der Waals surface area (Å²) in [5, 5.41) is 3.21. The van der Waals surface area contributed by atoms with Gasteiger partial charge in [0.25, 0.3) is 0 Å². The van der Waals surface area contributed by atoms with Crippen molar-refractivity contribution in [1.82, 2.24) is 5.32 Å². The maximum Gasteiger partial charge on any atom is 0.142 e. The summed E-state index contributed by atoms with van der Waals surface area (Å²) in [6.45, 7) is 2.88. The van der Waals surface area contributed by atoms with Crippen LogP contribution in [-0.2, 0) is 0 Å². The highest BCUT2D eigenvalue weighted by atomic mass is 35.5. The molecule has 1 atom stereocenters. The van der Waals surface area contributed by atoms with Crippen LogP contribution in [0.4, 0.5) is 8.78 Å². The van der Waals surface area contributed by atoms with Gasteiger partial charge in [0.15, 0.2) is 0 Å². The van der Waals surface area contributed by atoms with Gasteiger partial charge >= 0.3 is 0 Å². The molecule has 106 valence electrons. The van der Waals surface area contributed by atoms with Crippen LogP contribution in [0.25, 0.3) is 0 Å². The van der Waals surface area contributed by atoms with Crippen LogP contribution < -0.4 is 5.32 Å². The fourth-order valence-corrected chi connectivity index (χ4v) is 3.05. The Morgan fingerprint density at radius 1 is 1.26 bits per heavy atom. The van der Waals surface area contributed by atoms with Gasteiger partial charge in [-0.3, -0.25) is 0 Å². The molecular weight excluding hydrogens is 268 g/mol. The minimum Gasteiger partial charge on any atom is -0.310 e. The molecule has 0 radical (unpaired) electrons. The summed E-state index contributed by atoms with van der Waals surface area (Å²) in [6.07, 6.45) is 5.47. The van der Waals surface area contributed by atoms with Crippen LogP contribution in [0.2, 0.25) is 5.02 Å². The molecule has 1 aliphatic carbocycles. The molecule has 1 N–H and O–H groups in total. The Labute approximate surface area is 118 Å². The first-order chi connectivity index (χ1) is 9.13. The van der Waals surface area contributed by atoms with Gasteiger partial charge in [0.2, 0.25) is 0 Å². The van der Waals surface area contributed by atoms with Crippen LogP contribution in [0, 0.1) is 17.6 Å². The molecule has 0 amide bonds. The lowest BCUT2D eigenvalue weighted by molar-refractivity contribution is 0.356. The zero-order valence-electron chi connectivity index (χ0n) is 11.2. The number of nitrogens with one attached hydrogen (secondary N) is 1. The molecule has 0 aromatic heterocycles. The lowest BCUT2D eigenvalue weighted by Crippen LogP contribution is -2.28. The van der Waals surface area contributed by atoms with E-state index >= 15 is 0 Å². The van der Waals surface area contributed by atoms with Gasteiger partial charge in [-0.15, -0.1) is 0 Å². The van der Waals surface area contributed by atoms with Crippen LogP contribution in [0.5, 0.6) is 0 Å². The lowest BCUT2D eigenvalue weighted by atomic mass is 9.91. The summed E-state index contributed by atoms with van der Waals surface area (Å²) in [6, 6.07) is 2.24. The smallest absolute Gasteiger partial charge is 0.142 e. The number of halogens is 3. The number of benzene rings is 1. The van der Waals surface area contributed by atoms with E-state index in [1.165, 1.54) is 18.9 Å². The normalized spacial score (nSPS) is 17.9. The van der Waals surface area contributed by atoms with Gasteiger partial charge in [-0.05, 0) is 43.9 Å². The summed E-state index contributed by atoms with van der Waals surface area (Å²) in [7, 11) is 0. The van der Waals surface area contributed by atoms with Crippen LogP contribution in [0.3, 0.4) is 0 Å². The molecule has 19 heavy (non-hydrogen) atoms. The summed E-state index contributed by atoms with van der Waals surface area (Å²) in [5.74, 6) is -0.562. The van der Waals surface area contributed by atoms with Crippen molar-refractivity contribution in [1.29, 1.82) is 0 Å². The van der Waals surface area contributed by atoms with Crippen LogP contribution in [-0.4, -0.2) is 6.54 Å². The lowest BCUT2D eigenvalue weighted by Gasteiger charge is -2.26. The highest BCUT2D eigenvalue weighted by molar-refractivity contribution is 6.30. The predicted molar refractivity (Wildman–Crippen MR) is 74.4 cm³/mol. The fraction of sp³-hybridized carbons (Fsp3) is 0.600. The van der Waals surface area contributed by atoms with Crippen molar-refractivity contribution in [3.05, 3.63) is 34.4 Å². The van der Waals surface area contributed by atoms with Gasteiger partial charge in [0.05, 0.1) is 5.02 Å². The van der Waals surface area contributed by atoms with Gasteiger partial charge in [0.1, 0.15) is 11.6 Å². The average molecular weight is 288 g/mol. The molecule has 0 heterocycles. The van der Waals surface area contributed by atoms with Gasteiger partial charge in [-0.1, -0.05) is 31.4 Å². The third-order valence-corrected chi connectivity index (χ3v) is 4.15. The van der Waals surface area contributed by atoms with E-state index in [0.717, 1.165) is 31.9 Å². The van der Waals surface area contributed by atoms with Crippen LogP contribution >= 0.6 is 11.6 Å². The van der Waals surface area contributed by atoms with Crippen molar-refractivity contribution in [3.8, 4) is 0 Å². The highest BCUT2D eigenvalue weighted by Crippen LogP contribution is 2.37. The Bertz CT molecular complexity index is 430. The molecule has 0 saturated heterocycles. The third-order valence-electron chi connectivity index (χ3n) is 3.86. The molecule has 1 aromatic carbocycles. The average Bonchev–Trinajstić information content (AvgIpc) is 2.89. The van der Waals surface area contributed by atoms with E-state index in [-0.39, 0.29) is 11.1 Å². The Balaban J connectivity index is 2.28. The van der Waals surface area contributed by atoms with E-state index in [9.17, 15) is 8.78 Å². The second-order valence-corrected chi connectivity index (χ2v) is 5.67. The summed E-state index contributed by atoms with van der Waals surface area (Å²) < 4.78 is 27.7. The Morgan fingerprint density at radius 2 is 1.95 bits per heavy atom. The Morgan fingerprint density at radius 3 is 2.58 bits per heavy atom. The number of hydrogen-bond acceptors (Lipinski definition) is 1. The fourth-order valence-electron chi connectivity index (χ4n) is 2.90. The summed E-state index contributed by atoms with van der Waals surface area (Å²) in [4.78, 5) is 0. The highest BCUT2D eigenvalue weighted by Gasteiger charge is 2.28. The maximum absolute atomic E-state index is 14.1. The Kier molecular flexibility index (Phi) is 5.17. The van der Waals surface area contributed by atoms with Crippen LogP contribution in [0.1, 0.15) is 50.6 Å². The second kappa shape index (κ2) is 6.67. The van der Waals surface area contributed by atoms with Crippen LogP contribution in [0.15, 0.2) is 12.1 Å². The van der Waals surface area contributed by atoms with E-state index in [1.807, 2.05) is 0 Å². The Hall–Kier alpha value is -0.670. The van der Waals surface area contributed by atoms with E-state index in [4.69, 9.17) is 11.6 Å². The van der Waals surface area contributed by atoms with Crippen molar-refractivity contribution in [3.63, 3.8) is 0 Å². The van der Waals surface area contributed by atoms with Gasteiger partial charge in [-0.25, -0.2) is 8.78 Å². The largest absolute Gasteiger partial charge is 0.310 e. The van der Waals surface area contributed by atoms with Crippen molar-refractivity contribution in [2.75, 3.05) is 6.54 Å². The van der Waals surface area contributed by atoms with Gasteiger partial charge in [0, 0.05) is 11.6 Å². The quantitative estimate of drug-likeness (QED) is 0.764. The minimum absolute atomic E-state index is 0.103. The van der Waals surface area contributed by atoms with Crippen molar-refractivity contribution < 1.29 is 8.78 Å². The molecule has 0 aliphatic heterocycles. The molecule has 1 fully saturated rings. The first-order valence-corrected chi connectivity index (χ1v) is 7.39. The SMILES string of the molecule is CCCNC(c1cc(F)c(Cl)cc1F)C1CCCC1. The first kappa shape index (κ1) is 14.7. The standard InChI is InChI=1S/C15H20ClF2N/c1-2-7-19-15(10-5-3-4-6-10)11-8-14(18)12(16)9-13(11)17/h8-10,15,19H,2-7H2,1H3. The summed E-state index contributed by atoms with van der Waals surface area (Å²) in [5.41, 5.74) is 0.419. The molecule has 4 heteroatoms. The maximum atomic E-state index is 14.1. The van der Waals surface area contributed by atoms with E-state index < -0.39 is 11.6 Å². The molecule has 1 aliphatic rings. The third kappa shape index (κ3) is 3.46. The zero-order valence-corrected chi connectivity index (χ0v) is 11.9. The van der Waals surface area contributed by atoms with Crippen molar-refractivity contribution in [2.45, 2.75) is 45.1 Å². The summed E-state index contributed by atoms with van der Waals surface area (Å²) >= 11 is 5.62. The first-order valence-electron chi connectivity index (χ1n) is 7.01. The molecule has 0 spiro atoms. The molecular formula is C15H20ClF2N. The molecule has 1 saturated carbocycles. The molecule has 1 unspecified atom stereocenters. The molecule has 0 bridgehead atoms. The monoisotopic (exact) mass is 287 g/mol. The van der Waals surface area contributed by atoms with Gasteiger partial charge < -0.3 is 5.32 Å². The van der Waals surface area contributed by atoms with Crippen molar-refractivity contribution in [2.24, 2.45) is 5.92 Å². The van der Waals surface area contributed by atoms with E-state index in [0.29, 0.717) is 11.5 Å². The topological polar surface area (TPSA) is 12.0 Å². The number of hydrogen-bond donors (Lipinski definition) is 1. The predicted octanol–water partition coefficient (Wildman–Crippen LogP) is 4.85. The molecule has 1 aromatic rings. The molecule has 2 rings (SSSR count). The number of rotatable bonds is 5. The second-order valence-electron chi connectivity index (χ2n) is 5.26. The van der Waals surface area contributed by atoms with E-state index in [2.05, 4.69) is 12.2 Å². The van der Waals surface area contributed by atoms with E-state index in [1.54, 1.807) is 0 Å². The zero-order chi connectivity index (χ0) is 13.8.